The van der Waals surface area contributed by atoms with Crippen molar-refractivity contribution in [3.8, 4) is 0 Å². The first kappa shape index (κ1) is 17.1. The van der Waals surface area contributed by atoms with E-state index in [1.54, 1.807) is 0 Å². The van der Waals surface area contributed by atoms with Gasteiger partial charge < -0.3 is 10.6 Å². The molecule has 0 bridgehead atoms. The molecular formula is C10H5ClF6N2O2. The Labute approximate surface area is 118 Å². The second-order valence-corrected chi connectivity index (χ2v) is 4.01. The highest BCUT2D eigenvalue weighted by molar-refractivity contribution is 6.34. The van der Waals surface area contributed by atoms with Gasteiger partial charge in [-0.15, -0.1) is 0 Å². The Morgan fingerprint density at radius 3 is 1.81 bits per heavy atom. The predicted molar refractivity (Wildman–Crippen MR) is 60.8 cm³/mol. The molecule has 1 aromatic rings. The molecule has 0 aliphatic carbocycles. The van der Waals surface area contributed by atoms with E-state index in [-0.39, 0.29) is 0 Å². The van der Waals surface area contributed by atoms with E-state index in [4.69, 9.17) is 11.6 Å². The molecular weight excluding hydrogens is 330 g/mol. The molecule has 2 N–H and O–H groups in total. The zero-order valence-electron chi connectivity index (χ0n) is 9.69. The first-order valence-corrected chi connectivity index (χ1v) is 5.35. The summed E-state index contributed by atoms with van der Waals surface area (Å²) in [5.74, 6) is -4.57. The number of amides is 2. The number of halogens is 7. The van der Waals surface area contributed by atoms with Crippen LogP contribution in [0, 0.1) is 0 Å². The molecule has 116 valence electrons. The molecule has 2 amide bonds. The van der Waals surface area contributed by atoms with Crippen molar-refractivity contribution in [2.24, 2.45) is 0 Å². The topological polar surface area (TPSA) is 58.2 Å². The maximum Gasteiger partial charge on any atom is 0.471 e. The van der Waals surface area contributed by atoms with Crippen LogP contribution >= 0.6 is 11.6 Å². The lowest BCUT2D eigenvalue weighted by atomic mass is 10.2. The lowest BCUT2D eigenvalue weighted by Gasteiger charge is -2.12. The largest absolute Gasteiger partial charge is 0.471 e. The van der Waals surface area contributed by atoms with Crippen molar-refractivity contribution in [2.45, 2.75) is 12.4 Å². The molecule has 4 nitrogen and oxygen atoms in total. The summed E-state index contributed by atoms with van der Waals surface area (Å²) in [5, 5.41) is 2.40. The monoisotopic (exact) mass is 334 g/mol. The molecule has 0 aliphatic heterocycles. The number of hydrogen-bond donors (Lipinski definition) is 2. The second-order valence-electron chi connectivity index (χ2n) is 3.60. The molecule has 0 saturated heterocycles. The van der Waals surface area contributed by atoms with Gasteiger partial charge in [-0.05, 0) is 18.2 Å². The van der Waals surface area contributed by atoms with Crippen molar-refractivity contribution in [2.75, 3.05) is 10.6 Å². The zero-order chi connectivity index (χ0) is 16.4. The van der Waals surface area contributed by atoms with Gasteiger partial charge in [-0.3, -0.25) is 9.59 Å². The number of carbonyl (C=O) groups is 2. The molecule has 0 spiro atoms. The van der Waals surface area contributed by atoms with Crippen molar-refractivity contribution in [3.63, 3.8) is 0 Å². The van der Waals surface area contributed by atoms with Crippen LogP contribution in [0.15, 0.2) is 18.2 Å². The van der Waals surface area contributed by atoms with Gasteiger partial charge in [0.15, 0.2) is 0 Å². The molecule has 0 saturated carbocycles. The van der Waals surface area contributed by atoms with Gasteiger partial charge in [-0.25, -0.2) is 0 Å². The highest BCUT2D eigenvalue weighted by atomic mass is 35.5. The average molecular weight is 335 g/mol. The van der Waals surface area contributed by atoms with Crippen LogP contribution in [0.1, 0.15) is 0 Å². The van der Waals surface area contributed by atoms with Crippen molar-refractivity contribution >= 4 is 34.8 Å². The Kier molecular flexibility index (Phi) is 4.72. The summed E-state index contributed by atoms with van der Waals surface area (Å²) in [6, 6.07) is 2.43. The van der Waals surface area contributed by atoms with Crippen LogP contribution in [0.5, 0.6) is 0 Å². The minimum absolute atomic E-state index is 0.396. The fourth-order valence-electron chi connectivity index (χ4n) is 1.09. The highest BCUT2D eigenvalue weighted by Crippen LogP contribution is 2.28. The molecule has 0 aromatic heterocycles. The van der Waals surface area contributed by atoms with Gasteiger partial charge in [-0.2, -0.15) is 26.3 Å². The number of alkyl halides is 6. The molecule has 0 fully saturated rings. The van der Waals surface area contributed by atoms with Gasteiger partial charge in [0, 0.05) is 5.69 Å². The van der Waals surface area contributed by atoms with E-state index in [1.165, 1.54) is 10.6 Å². The summed E-state index contributed by atoms with van der Waals surface area (Å²) >= 11 is 5.51. The highest BCUT2D eigenvalue weighted by Gasteiger charge is 2.39. The van der Waals surface area contributed by atoms with Crippen molar-refractivity contribution in [1.82, 2.24) is 0 Å². The lowest BCUT2D eigenvalue weighted by molar-refractivity contribution is -0.167. The summed E-state index contributed by atoms with van der Waals surface area (Å²) in [6.45, 7) is 0. The van der Waals surface area contributed by atoms with Crippen molar-refractivity contribution < 1.29 is 35.9 Å². The fourth-order valence-corrected chi connectivity index (χ4v) is 1.32. The van der Waals surface area contributed by atoms with Gasteiger partial charge in [0.25, 0.3) is 0 Å². The first-order chi connectivity index (χ1) is 9.41. The summed E-state index contributed by atoms with van der Waals surface area (Å²) in [5.41, 5.74) is -0.865. The Morgan fingerprint density at radius 2 is 1.38 bits per heavy atom. The van der Waals surface area contributed by atoms with E-state index in [9.17, 15) is 35.9 Å². The molecule has 0 atom stereocenters. The molecule has 0 unspecified atom stereocenters. The third kappa shape index (κ3) is 4.81. The third-order valence-electron chi connectivity index (χ3n) is 1.99. The average Bonchev–Trinajstić information content (AvgIpc) is 2.30. The second kappa shape index (κ2) is 5.80. The van der Waals surface area contributed by atoms with Crippen LogP contribution in [0.25, 0.3) is 0 Å². The molecule has 11 heteroatoms. The number of rotatable bonds is 2. The van der Waals surface area contributed by atoms with Crippen molar-refractivity contribution in [1.29, 1.82) is 0 Å². The Balaban J connectivity index is 2.87. The Bertz CT molecular complexity index is 570. The number of anilines is 2. The van der Waals surface area contributed by atoms with E-state index in [0.717, 1.165) is 18.2 Å². The summed E-state index contributed by atoms with van der Waals surface area (Å²) in [4.78, 5) is 21.3. The van der Waals surface area contributed by atoms with Crippen LogP contribution in [0.2, 0.25) is 5.02 Å². The van der Waals surface area contributed by atoms with Gasteiger partial charge in [0.2, 0.25) is 0 Å². The molecule has 0 aliphatic rings. The SMILES string of the molecule is O=C(Nc1ccc(NC(=O)C(F)(F)F)c(Cl)c1)C(F)(F)F. The molecule has 1 aromatic carbocycles. The molecule has 0 radical (unpaired) electrons. The summed E-state index contributed by atoms with van der Waals surface area (Å²) in [7, 11) is 0. The number of nitrogens with one attached hydrogen (secondary N) is 2. The zero-order valence-corrected chi connectivity index (χ0v) is 10.5. The van der Waals surface area contributed by atoms with Gasteiger partial charge in [0.05, 0.1) is 10.7 Å². The molecule has 0 heterocycles. The van der Waals surface area contributed by atoms with Crippen LogP contribution in [-0.4, -0.2) is 24.2 Å². The first-order valence-electron chi connectivity index (χ1n) is 4.97. The fraction of sp³-hybridized carbons (Fsp3) is 0.200. The Morgan fingerprint density at radius 1 is 0.905 bits per heavy atom. The minimum atomic E-state index is -5.15. The van der Waals surface area contributed by atoms with Crippen LogP contribution in [0.3, 0.4) is 0 Å². The number of carbonyl (C=O) groups excluding carboxylic acids is 2. The van der Waals surface area contributed by atoms with Gasteiger partial charge in [0.1, 0.15) is 0 Å². The van der Waals surface area contributed by atoms with Crippen molar-refractivity contribution in [3.05, 3.63) is 23.2 Å². The molecule has 1 rings (SSSR count). The quantitative estimate of drug-likeness (QED) is 0.815. The standard InChI is InChI=1S/C10H5ClF6N2O2/c11-5-3-4(18-7(20)9(12,13)14)1-2-6(5)19-8(21)10(15,16)17/h1-3H,(H,18,20)(H,19,21). The van der Waals surface area contributed by atoms with Gasteiger partial charge in [-0.1, -0.05) is 11.6 Å². The van der Waals surface area contributed by atoms with E-state index < -0.39 is 40.6 Å². The smallest absolute Gasteiger partial charge is 0.318 e. The summed E-state index contributed by atoms with van der Waals surface area (Å²) in [6.07, 6.45) is -10.3. The van der Waals surface area contributed by atoms with E-state index in [2.05, 4.69) is 0 Å². The maximum absolute atomic E-state index is 12.0. The maximum atomic E-state index is 12.0. The third-order valence-corrected chi connectivity index (χ3v) is 2.30. The van der Waals surface area contributed by atoms with Crippen LogP contribution in [0.4, 0.5) is 37.7 Å². The molecule has 21 heavy (non-hydrogen) atoms. The minimum Gasteiger partial charge on any atom is -0.318 e. The van der Waals surface area contributed by atoms with E-state index >= 15 is 0 Å². The lowest BCUT2D eigenvalue weighted by Crippen LogP contribution is -2.30. The van der Waals surface area contributed by atoms with Gasteiger partial charge >= 0.3 is 24.2 Å². The number of hydrogen-bond acceptors (Lipinski definition) is 2. The van der Waals surface area contributed by atoms with E-state index in [0.29, 0.717) is 0 Å². The van der Waals surface area contributed by atoms with Crippen LogP contribution in [-0.2, 0) is 9.59 Å². The predicted octanol–water partition coefficient (Wildman–Crippen LogP) is 3.34. The number of benzene rings is 1. The van der Waals surface area contributed by atoms with E-state index in [1.807, 2.05) is 0 Å². The normalized spacial score (nSPS) is 12.0. The summed E-state index contributed by atoms with van der Waals surface area (Å²) < 4.78 is 72.0. The van der Waals surface area contributed by atoms with Crippen LogP contribution < -0.4 is 10.6 Å². The Hall–Kier alpha value is -1.97.